The molecule has 0 aliphatic heterocycles. The summed E-state index contributed by atoms with van der Waals surface area (Å²) >= 11 is 0. The zero-order valence-corrected chi connectivity index (χ0v) is 16.2. The highest BCUT2D eigenvalue weighted by atomic mass is 16.5. The maximum Gasteiger partial charge on any atom is 0.267 e. The minimum atomic E-state index is -0.166. The van der Waals surface area contributed by atoms with Gasteiger partial charge in [0.2, 0.25) is 0 Å². The van der Waals surface area contributed by atoms with Crippen LogP contribution >= 0.6 is 0 Å². The first kappa shape index (κ1) is 18.5. The molecule has 0 radical (unpaired) electrons. The molecule has 0 N–H and O–H groups in total. The molecule has 0 bridgehead atoms. The number of hydrogen-bond acceptors (Lipinski definition) is 6. The highest BCUT2D eigenvalue weighted by molar-refractivity contribution is 5.57. The van der Waals surface area contributed by atoms with Gasteiger partial charge >= 0.3 is 0 Å². The van der Waals surface area contributed by atoms with E-state index < -0.39 is 0 Å². The molecular weight excluding hydrogens is 368 g/mol. The van der Waals surface area contributed by atoms with Crippen LogP contribution < -0.4 is 10.3 Å². The Morgan fingerprint density at radius 2 is 1.86 bits per heavy atom. The third kappa shape index (κ3) is 4.21. The molecule has 0 spiro atoms. The van der Waals surface area contributed by atoms with E-state index in [-0.39, 0.29) is 5.56 Å². The van der Waals surface area contributed by atoms with Crippen molar-refractivity contribution < 1.29 is 4.74 Å². The third-order valence-electron chi connectivity index (χ3n) is 4.32. The maximum absolute atomic E-state index is 12.3. The van der Waals surface area contributed by atoms with Crippen molar-refractivity contribution in [1.82, 2.24) is 29.5 Å². The molecule has 0 amide bonds. The van der Waals surface area contributed by atoms with Crippen LogP contribution in [0, 0.1) is 0 Å². The zero-order chi connectivity index (χ0) is 20.2. The van der Waals surface area contributed by atoms with Crippen LogP contribution in [0.15, 0.2) is 66.0 Å². The molecule has 29 heavy (non-hydrogen) atoms. The van der Waals surface area contributed by atoms with Crippen molar-refractivity contribution >= 4 is 0 Å². The largest absolute Gasteiger partial charge is 0.491 e. The molecule has 8 heteroatoms. The molecule has 0 aliphatic rings. The van der Waals surface area contributed by atoms with Crippen LogP contribution in [-0.4, -0.2) is 36.1 Å². The Labute approximate surface area is 167 Å². The molecule has 3 heterocycles. The fraction of sp³-hybridized carbons (Fsp3) is 0.190. The lowest BCUT2D eigenvalue weighted by atomic mass is 10.1. The Bertz CT molecular complexity index is 1180. The Morgan fingerprint density at radius 3 is 2.59 bits per heavy atom. The van der Waals surface area contributed by atoms with Gasteiger partial charge in [-0.15, -0.1) is 0 Å². The molecular formula is C21H20N6O2. The number of benzene rings is 1. The van der Waals surface area contributed by atoms with Crippen LogP contribution in [-0.2, 0) is 13.6 Å². The van der Waals surface area contributed by atoms with E-state index in [1.54, 1.807) is 29.3 Å². The second kappa shape index (κ2) is 8.05. The Balaban J connectivity index is 1.60. The summed E-state index contributed by atoms with van der Waals surface area (Å²) in [4.78, 5) is 21.0. The van der Waals surface area contributed by atoms with Crippen molar-refractivity contribution in [2.75, 3.05) is 6.61 Å². The predicted molar refractivity (Wildman–Crippen MR) is 108 cm³/mol. The van der Waals surface area contributed by atoms with Crippen LogP contribution in [0.25, 0.3) is 22.6 Å². The standard InChI is InChI=1S/C21H20N6O2/c1-3-29-18-11-22-21(23-12-18)16-6-4-5-15(9-16)13-27-20(28)8-7-19(25-27)17-10-24-26(2)14-17/h4-12,14H,3,13H2,1-2H3. The van der Waals surface area contributed by atoms with E-state index in [1.807, 2.05) is 44.4 Å². The molecule has 146 valence electrons. The van der Waals surface area contributed by atoms with Gasteiger partial charge < -0.3 is 4.74 Å². The molecule has 0 saturated heterocycles. The van der Waals surface area contributed by atoms with E-state index in [4.69, 9.17) is 4.74 Å². The quantitative estimate of drug-likeness (QED) is 0.504. The first-order valence-electron chi connectivity index (χ1n) is 9.23. The smallest absolute Gasteiger partial charge is 0.267 e. The number of rotatable bonds is 6. The van der Waals surface area contributed by atoms with Gasteiger partial charge in [0.25, 0.3) is 5.56 Å². The summed E-state index contributed by atoms with van der Waals surface area (Å²) in [6.45, 7) is 2.83. The van der Waals surface area contributed by atoms with Crippen LogP contribution in [0.2, 0.25) is 0 Å². The van der Waals surface area contributed by atoms with Gasteiger partial charge in [0.15, 0.2) is 11.6 Å². The van der Waals surface area contributed by atoms with Crippen molar-refractivity contribution in [3.8, 4) is 28.4 Å². The molecule has 0 atom stereocenters. The lowest BCUT2D eigenvalue weighted by molar-refractivity contribution is 0.337. The van der Waals surface area contributed by atoms with Crippen molar-refractivity contribution in [3.05, 3.63) is 77.1 Å². The summed E-state index contributed by atoms with van der Waals surface area (Å²) in [6.07, 6.45) is 6.89. The number of aryl methyl sites for hydroxylation is 1. The van der Waals surface area contributed by atoms with Gasteiger partial charge in [-0.05, 0) is 24.6 Å². The van der Waals surface area contributed by atoms with Crippen molar-refractivity contribution in [2.24, 2.45) is 7.05 Å². The molecule has 8 nitrogen and oxygen atoms in total. The first-order chi connectivity index (χ1) is 14.1. The van der Waals surface area contributed by atoms with E-state index in [1.165, 1.54) is 10.7 Å². The monoisotopic (exact) mass is 388 g/mol. The lowest BCUT2D eigenvalue weighted by Gasteiger charge is -2.08. The fourth-order valence-corrected chi connectivity index (χ4v) is 2.96. The van der Waals surface area contributed by atoms with Gasteiger partial charge in [0, 0.05) is 30.4 Å². The van der Waals surface area contributed by atoms with Gasteiger partial charge in [-0.2, -0.15) is 10.2 Å². The summed E-state index contributed by atoms with van der Waals surface area (Å²) < 4.78 is 8.53. The van der Waals surface area contributed by atoms with Crippen LogP contribution in [0.1, 0.15) is 12.5 Å². The summed E-state index contributed by atoms with van der Waals surface area (Å²) in [5.41, 5.74) is 3.18. The van der Waals surface area contributed by atoms with E-state index in [0.29, 0.717) is 30.4 Å². The van der Waals surface area contributed by atoms with E-state index in [2.05, 4.69) is 20.2 Å². The topological polar surface area (TPSA) is 87.7 Å². The highest BCUT2D eigenvalue weighted by Gasteiger charge is 2.08. The summed E-state index contributed by atoms with van der Waals surface area (Å²) in [6, 6.07) is 11.0. The van der Waals surface area contributed by atoms with Crippen LogP contribution in [0.5, 0.6) is 5.75 Å². The van der Waals surface area contributed by atoms with E-state index >= 15 is 0 Å². The number of ether oxygens (including phenoxy) is 1. The molecule has 4 rings (SSSR count). The van der Waals surface area contributed by atoms with Gasteiger partial charge in [-0.25, -0.2) is 14.6 Å². The molecule has 0 aliphatic carbocycles. The Hall–Kier alpha value is -3.81. The number of aromatic nitrogens is 6. The average molecular weight is 388 g/mol. The second-order valence-electron chi connectivity index (χ2n) is 6.49. The molecule has 0 unspecified atom stereocenters. The van der Waals surface area contributed by atoms with Crippen LogP contribution in [0.4, 0.5) is 0 Å². The average Bonchev–Trinajstić information content (AvgIpc) is 3.17. The van der Waals surface area contributed by atoms with Gasteiger partial charge in [-0.1, -0.05) is 18.2 Å². The molecule has 0 fully saturated rings. The Morgan fingerprint density at radius 1 is 1.03 bits per heavy atom. The molecule has 3 aromatic heterocycles. The fourth-order valence-electron chi connectivity index (χ4n) is 2.96. The Kier molecular flexibility index (Phi) is 5.15. The van der Waals surface area contributed by atoms with Gasteiger partial charge in [0.1, 0.15) is 0 Å². The van der Waals surface area contributed by atoms with E-state index in [0.717, 1.165) is 16.7 Å². The zero-order valence-electron chi connectivity index (χ0n) is 16.2. The highest BCUT2D eigenvalue weighted by Crippen LogP contribution is 2.19. The summed E-state index contributed by atoms with van der Waals surface area (Å²) in [7, 11) is 1.84. The van der Waals surface area contributed by atoms with E-state index in [9.17, 15) is 4.79 Å². The number of nitrogens with zero attached hydrogens (tertiary/aromatic N) is 6. The van der Waals surface area contributed by atoms with Crippen LogP contribution in [0.3, 0.4) is 0 Å². The van der Waals surface area contributed by atoms with Gasteiger partial charge in [0.05, 0.1) is 37.4 Å². The van der Waals surface area contributed by atoms with Crippen molar-refractivity contribution in [3.63, 3.8) is 0 Å². The minimum absolute atomic E-state index is 0.166. The SMILES string of the molecule is CCOc1cnc(-c2cccc(Cn3nc(-c4cnn(C)c4)ccc3=O)c2)nc1. The van der Waals surface area contributed by atoms with Gasteiger partial charge in [-0.3, -0.25) is 9.48 Å². The molecule has 1 aromatic carbocycles. The predicted octanol–water partition coefficient (Wildman–Crippen LogP) is 2.55. The van der Waals surface area contributed by atoms with Crippen molar-refractivity contribution in [2.45, 2.75) is 13.5 Å². The number of hydrogen-bond donors (Lipinski definition) is 0. The summed E-state index contributed by atoms with van der Waals surface area (Å²) in [5, 5.41) is 8.65. The third-order valence-corrected chi connectivity index (χ3v) is 4.32. The lowest BCUT2D eigenvalue weighted by Crippen LogP contribution is -2.22. The maximum atomic E-state index is 12.3. The molecule has 0 saturated carbocycles. The van der Waals surface area contributed by atoms with Crippen molar-refractivity contribution in [1.29, 1.82) is 0 Å². The normalized spacial score (nSPS) is 10.8. The first-order valence-corrected chi connectivity index (χ1v) is 9.23. The molecule has 4 aromatic rings. The summed E-state index contributed by atoms with van der Waals surface area (Å²) in [5.74, 6) is 1.23. The second-order valence-corrected chi connectivity index (χ2v) is 6.49. The minimum Gasteiger partial charge on any atom is -0.491 e.